The maximum Gasteiger partial charge on any atom is 0.578 e. The molecule has 9 heteroatoms. The van der Waals surface area contributed by atoms with Crippen molar-refractivity contribution in [3.05, 3.63) is 0 Å². The van der Waals surface area contributed by atoms with Gasteiger partial charge in [-0.1, -0.05) is 41.5 Å². The molecule has 0 saturated heterocycles. The van der Waals surface area contributed by atoms with E-state index in [2.05, 4.69) is 0 Å². The van der Waals surface area contributed by atoms with E-state index < -0.39 is 32.9 Å². The molecule has 0 aromatic carbocycles. The molecular formula is C18H34N2O5P2+2. The van der Waals surface area contributed by atoms with Crippen molar-refractivity contribution in [2.75, 3.05) is 19.8 Å². The van der Waals surface area contributed by atoms with Crippen LogP contribution in [-0.4, -0.2) is 41.5 Å². The van der Waals surface area contributed by atoms with Crippen LogP contribution in [0.5, 0.6) is 0 Å². The van der Waals surface area contributed by atoms with Gasteiger partial charge in [0, 0.05) is 5.54 Å². The van der Waals surface area contributed by atoms with E-state index in [0.29, 0.717) is 0 Å². The smallest absolute Gasteiger partial charge is 0.316 e. The van der Waals surface area contributed by atoms with Crippen LogP contribution in [0.15, 0.2) is 0 Å². The second kappa shape index (κ2) is 10.0. The van der Waals surface area contributed by atoms with E-state index in [0.717, 1.165) is 0 Å². The maximum atomic E-state index is 13.1. The Balaban J connectivity index is 5.68. The molecule has 0 aromatic rings. The summed E-state index contributed by atoms with van der Waals surface area (Å²) in [4.78, 5) is 14.3. The lowest BCUT2D eigenvalue weighted by Gasteiger charge is -2.32. The fraction of sp³-hybridized carbons (Fsp3) is 0.889. The molecule has 154 valence electrons. The molecule has 1 amide bonds. The topological polar surface area (TPSA) is 96.7 Å². The van der Waals surface area contributed by atoms with E-state index in [1.807, 2.05) is 47.6 Å². The molecule has 7 nitrogen and oxygen atoms in total. The second-order valence-electron chi connectivity index (χ2n) is 9.87. The van der Waals surface area contributed by atoms with Crippen molar-refractivity contribution in [3.8, 4) is 6.07 Å². The van der Waals surface area contributed by atoms with E-state index in [1.54, 1.807) is 20.8 Å². The zero-order valence-corrected chi connectivity index (χ0v) is 19.8. The van der Waals surface area contributed by atoms with Crippen molar-refractivity contribution >= 4 is 22.0 Å². The molecular weight excluding hydrogens is 386 g/mol. The third-order valence-corrected chi connectivity index (χ3v) is 6.31. The molecule has 0 aliphatic rings. The first-order valence-electron chi connectivity index (χ1n) is 8.86. The Hall–Kier alpha value is -0.920. The Morgan fingerprint density at radius 3 is 1.56 bits per heavy atom. The summed E-state index contributed by atoms with van der Waals surface area (Å²) in [6.45, 7) is 16.8. The largest absolute Gasteiger partial charge is 0.578 e. The molecule has 0 spiro atoms. The first kappa shape index (κ1) is 26.1. The average molecular weight is 420 g/mol. The van der Waals surface area contributed by atoms with Crippen molar-refractivity contribution in [2.24, 2.45) is 10.8 Å². The molecule has 0 aromatic heterocycles. The zero-order chi connectivity index (χ0) is 21.6. The number of amides is 1. The lowest BCUT2D eigenvalue weighted by molar-refractivity contribution is -0.133. The molecule has 27 heavy (non-hydrogen) atoms. The van der Waals surface area contributed by atoms with Crippen molar-refractivity contribution in [2.45, 2.75) is 73.3 Å². The Morgan fingerprint density at radius 1 is 0.926 bits per heavy atom. The van der Waals surface area contributed by atoms with Crippen LogP contribution in [0.3, 0.4) is 0 Å². The van der Waals surface area contributed by atoms with Crippen molar-refractivity contribution in [3.63, 3.8) is 0 Å². The summed E-state index contributed by atoms with van der Waals surface area (Å²) in [5, 5.41) is 7.62. The van der Waals surface area contributed by atoms with Crippen LogP contribution in [0.4, 0.5) is 0 Å². The van der Waals surface area contributed by atoms with Gasteiger partial charge in [-0.3, -0.25) is 4.79 Å². The summed E-state index contributed by atoms with van der Waals surface area (Å²) >= 11 is 0. The van der Waals surface area contributed by atoms with Gasteiger partial charge in [-0.25, -0.2) is 0 Å². The van der Waals surface area contributed by atoms with Crippen molar-refractivity contribution in [1.82, 2.24) is 4.90 Å². The number of carbonyl (C=O) groups is 1. The highest BCUT2D eigenvalue weighted by Gasteiger charge is 2.61. The van der Waals surface area contributed by atoms with Crippen molar-refractivity contribution in [1.29, 1.82) is 5.26 Å². The quantitative estimate of drug-likeness (QED) is 0.402. The number of hydrogen-bond acceptors (Lipinski definition) is 6. The minimum absolute atomic E-state index is 0.141. The van der Waals surface area contributed by atoms with E-state index in [-0.39, 0.29) is 30.6 Å². The van der Waals surface area contributed by atoms with E-state index >= 15 is 0 Å². The van der Waals surface area contributed by atoms with E-state index in [9.17, 15) is 13.9 Å². The standard InChI is InChI=1S/C18H34N2O5P2/c1-16(2,3)12-24-26(22)15(27(23)25-13-17(4,5)6)14(21)20(11-10-19)18(7,8)9/h15H,11-13H2,1-9H3/q+2. The zero-order valence-electron chi connectivity index (χ0n) is 18.0. The molecule has 2 atom stereocenters. The lowest BCUT2D eigenvalue weighted by Crippen LogP contribution is -2.48. The van der Waals surface area contributed by atoms with Gasteiger partial charge in [-0.05, 0) is 40.7 Å². The van der Waals surface area contributed by atoms with Gasteiger partial charge in [-0.2, -0.15) is 5.26 Å². The van der Waals surface area contributed by atoms with Crippen LogP contribution in [0, 0.1) is 22.2 Å². The molecule has 0 aliphatic carbocycles. The van der Waals surface area contributed by atoms with Gasteiger partial charge in [-0.15, -0.1) is 9.05 Å². The highest BCUT2D eigenvalue weighted by atomic mass is 31.2. The normalized spacial score (nSPS) is 15.0. The molecule has 0 heterocycles. The van der Waals surface area contributed by atoms with Crippen molar-refractivity contribution < 1.29 is 23.0 Å². The Bertz CT molecular complexity index is 565. The molecule has 0 aliphatic heterocycles. The highest BCUT2D eigenvalue weighted by molar-refractivity contribution is 7.60. The SMILES string of the molecule is CC(C)(C)CO[P+](=O)C(C(=O)N(CC#N)C(C)(C)C)[P+](=O)OCC(C)(C)C. The predicted molar refractivity (Wildman–Crippen MR) is 107 cm³/mol. The van der Waals surface area contributed by atoms with Crippen LogP contribution in [-0.2, 0) is 23.0 Å². The Labute approximate surface area is 165 Å². The number of rotatable bonds is 8. The Kier molecular flexibility index (Phi) is 9.69. The molecule has 0 radical (unpaired) electrons. The van der Waals surface area contributed by atoms with Crippen LogP contribution in [0.2, 0.25) is 0 Å². The second-order valence-corrected chi connectivity index (χ2v) is 13.0. The van der Waals surface area contributed by atoms with Crippen LogP contribution in [0.25, 0.3) is 0 Å². The minimum Gasteiger partial charge on any atom is -0.316 e. The molecule has 0 fully saturated rings. The van der Waals surface area contributed by atoms with Gasteiger partial charge in [0.05, 0.1) is 6.07 Å². The molecule has 2 unspecified atom stereocenters. The summed E-state index contributed by atoms with van der Waals surface area (Å²) in [5.74, 6) is -0.658. The molecule has 0 bridgehead atoms. The van der Waals surface area contributed by atoms with Crippen LogP contribution < -0.4 is 0 Å². The minimum atomic E-state index is -2.58. The van der Waals surface area contributed by atoms with Gasteiger partial charge >= 0.3 is 27.4 Å². The number of nitriles is 1. The first-order chi connectivity index (χ1) is 12.0. The maximum absolute atomic E-state index is 13.1. The highest BCUT2D eigenvalue weighted by Crippen LogP contribution is 2.49. The van der Waals surface area contributed by atoms with Gasteiger partial charge < -0.3 is 4.90 Å². The first-order valence-corrected chi connectivity index (χ1v) is 11.4. The van der Waals surface area contributed by atoms with E-state index in [1.165, 1.54) is 4.90 Å². The summed E-state index contributed by atoms with van der Waals surface area (Å²) in [6.07, 6.45) is 0. The summed E-state index contributed by atoms with van der Waals surface area (Å²) < 4.78 is 36.3. The number of carbonyl (C=O) groups excluding carboxylic acids is 1. The monoisotopic (exact) mass is 420 g/mol. The molecule has 0 rings (SSSR count). The predicted octanol–water partition coefficient (Wildman–Crippen LogP) is 5.07. The summed E-state index contributed by atoms with van der Waals surface area (Å²) in [7, 11) is -5.17. The van der Waals surface area contributed by atoms with Crippen LogP contribution in [0.1, 0.15) is 62.3 Å². The lowest BCUT2D eigenvalue weighted by atomic mass is 9.99. The van der Waals surface area contributed by atoms with Crippen LogP contribution >= 0.6 is 16.1 Å². The third-order valence-electron chi connectivity index (χ3n) is 3.17. The third kappa shape index (κ3) is 10.3. The molecule has 0 saturated carbocycles. The summed E-state index contributed by atoms with van der Waals surface area (Å²) in [6, 6.07) is 1.93. The number of hydrogen-bond donors (Lipinski definition) is 0. The van der Waals surface area contributed by atoms with Gasteiger partial charge in [0.2, 0.25) is 0 Å². The Morgan fingerprint density at radius 2 is 1.30 bits per heavy atom. The fourth-order valence-electron chi connectivity index (χ4n) is 1.77. The van der Waals surface area contributed by atoms with Gasteiger partial charge in [0.1, 0.15) is 19.8 Å². The van der Waals surface area contributed by atoms with Gasteiger partial charge in [0.15, 0.2) is 0 Å². The average Bonchev–Trinajstić information content (AvgIpc) is 2.46. The van der Waals surface area contributed by atoms with Gasteiger partial charge in [0.25, 0.3) is 0 Å². The number of nitrogens with zero attached hydrogens (tertiary/aromatic N) is 2. The summed E-state index contributed by atoms with van der Waals surface area (Å²) in [5.41, 5.74) is -1.24. The fourth-order valence-corrected chi connectivity index (χ4v) is 4.74. The van der Waals surface area contributed by atoms with E-state index in [4.69, 9.17) is 14.3 Å². The molecule has 0 N–H and O–H groups in total.